The predicted octanol–water partition coefficient (Wildman–Crippen LogP) is 5.32. The van der Waals surface area contributed by atoms with Crippen LogP contribution >= 0.6 is 12.2 Å². The minimum Gasteiger partial charge on any atom is -0.497 e. The van der Waals surface area contributed by atoms with E-state index in [0.29, 0.717) is 22.8 Å². The van der Waals surface area contributed by atoms with Gasteiger partial charge in [0.15, 0.2) is 5.11 Å². The Kier molecular flexibility index (Phi) is 6.37. The number of hydrogen-bond donors (Lipinski definition) is 2. The number of halogens is 2. The summed E-state index contributed by atoms with van der Waals surface area (Å²) in [6.45, 7) is 1.70. The van der Waals surface area contributed by atoms with Crippen molar-refractivity contribution in [2.75, 3.05) is 17.3 Å². The molecule has 0 aromatic heterocycles. The maximum absolute atomic E-state index is 14.8. The first-order valence-electron chi connectivity index (χ1n) is 10.2. The molecule has 0 aliphatic carbocycles. The quantitative estimate of drug-likeness (QED) is 0.500. The molecule has 0 saturated heterocycles. The number of thiocarbonyl (C=S) groups is 1. The van der Waals surface area contributed by atoms with E-state index < -0.39 is 23.6 Å². The van der Waals surface area contributed by atoms with Crippen LogP contribution in [0.5, 0.6) is 5.75 Å². The fourth-order valence-corrected chi connectivity index (χ4v) is 4.16. The van der Waals surface area contributed by atoms with Crippen LogP contribution < -0.4 is 20.3 Å². The largest absolute Gasteiger partial charge is 0.497 e. The van der Waals surface area contributed by atoms with E-state index in [1.54, 1.807) is 67.5 Å². The lowest BCUT2D eigenvalue weighted by Gasteiger charge is -2.38. The maximum Gasteiger partial charge on any atom is 0.255 e. The lowest BCUT2D eigenvalue weighted by atomic mass is 9.93. The number of para-hydroxylation sites is 1. The van der Waals surface area contributed by atoms with Crippen molar-refractivity contribution in [2.24, 2.45) is 0 Å². The van der Waals surface area contributed by atoms with E-state index >= 15 is 0 Å². The number of rotatable bonds is 5. The van der Waals surface area contributed by atoms with Gasteiger partial charge in [0.1, 0.15) is 17.4 Å². The Morgan fingerprint density at radius 2 is 1.64 bits per heavy atom. The van der Waals surface area contributed by atoms with Crippen LogP contribution in [0.2, 0.25) is 0 Å². The summed E-state index contributed by atoms with van der Waals surface area (Å²) in [6, 6.07) is 18.4. The second-order valence-electron chi connectivity index (χ2n) is 7.37. The Balaban J connectivity index is 1.84. The minimum absolute atomic E-state index is 0.146. The smallest absolute Gasteiger partial charge is 0.255 e. The van der Waals surface area contributed by atoms with E-state index in [-0.39, 0.29) is 16.2 Å². The molecule has 3 aromatic rings. The molecule has 2 N–H and O–H groups in total. The zero-order valence-electron chi connectivity index (χ0n) is 17.9. The van der Waals surface area contributed by atoms with Crippen molar-refractivity contribution < 1.29 is 18.3 Å². The highest BCUT2D eigenvalue weighted by Gasteiger charge is 2.37. The van der Waals surface area contributed by atoms with Crippen molar-refractivity contribution in [3.63, 3.8) is 0 Å². The topological polar surface area (TPSA) is 53.6 Å². The fourth-order valence-electron chi connectivity index (χ4n) is 3.80. The van der Waals surface area contributed by atoms with Gasteiger partial charge >= 0.3 is 0 Å². The number of carbonyl (C=O) groups is 1. The number of anilines is 2. The van der Waals surface area contributed by atoms with Crippen molar-refractivity contribution in [1.82, 2.24) is 5.32 Å². The number of allylic oxidation sites excluding steroid dienone is 1. The van der Waals surface area contributed by atoms with Gasteiger partial charge in [0, 0.05) is 17.1 Å². The second kappa shape index (κ2) is 9.38. The third-order valence-corrected chi connectivity index (χ3v) is 5.68. The van der Waals surface area contributed by atoms with Crippen LogP contribution in [0.25, 0.3) is 0 Å². The average Bonchev–Trinajstić information content (AvgIpc) is 2.80. The standard InChI is InChI=1S/C25H21F2N3O2S/c1-15-21(24(31)28-16-7-4-3-5-8-16)23(22-19(26)9-6-10-20(22)27)29-25(33)30(15)17-11-13-18(32-2)14-12-17/h3-14,23H,1-2H3,(H,28,31)(H,29,33). The molecule has 1 heterocycles. The molecule has 0 bridgehead atoms. The Morgan fingerprint density at radius 3 is 2.24 bits per heavy atom. The first kappa shape index (κ1) is 22.4. The molecule has 1 aliphatic heterocycles. The lowest BCUT2D eigenvalue weighted by Crippen LogP contribution is -2.49. The molecule has 4 rings (SSSR count). The van der Waals surface area contributed by atoms with E-state index in [4.69, 9.17) is 17.0 Å². The van der Waals surface area contributed by atoms with Crippen molar-refractivity contribution in [3.05, 3.63) is 101 Å². The molecule has 1 aliphatic rings. The third-order valence-electron chi connectivity index (χ3n) is 5.38. The summed E-state index contributed by atoms with van der Waals surface area (Å²) in [5, 5.41) is 5.99. The number of nitrogens with one attached hydrogen (secondary N) is 2. The fraction of sp³-hybridized carbons (Fsp3) is 0.120. The van der Waals surface area contributed by atoms with Gasteiger partial charge < -0.3 is 15.4 Å². The Morgan fingerprint density at radius 1 is 1.00 bits per heavy atom. The summed E-state index contributed by atoms with van der Waals surface area (Å²) in [6.07, 6.45) is 0. The van der Waals surface area contributed by atoms with Crippen LogP contribution in [0.15, 0.2) is 84.1 Å². The molecule has 168 valence electrons. The first-order valence-corrected chi connectivity index (χ1v) is 10.6. The van der Waals surface area contributed by atoms with Crippen molar-refractivity contribution in [3.8, 4) is 5.75 Å². The lowest BCUT2D eigenvalue weighted by molar-refractivity contribution is -0.113. The molecule has 0 fully saturated rings. The molecule has 8 heteroatoms. The highest BCUT2D eigenvalue weighted by atomic mass is 32.1. The van der Waals surface area contributed by atoms with E-state index in [1.807, 2.05) is 6.07 Å². The highest BCUT2D eigenvalue weighted by molar-refractivity contribution is 7.80. The van der Waals surface area contributed by atoms with Gasteiger partial charge in [-0.2, -0.15) is 0 Å². The SMILES string of the molecule is COc1ccc(N2C(=S)NC(c3c(F)cccc3F)C(C(=O)Nc3ccccc3)=C2C)cc1. The zero-order valence-corrected chi connectivity index (χ0v) is 18.7. The number of carbonyl (C=O) groups excluding carboxylic acids is 1. The predicted molar refractivity (Wildman–Crippen MR) is 128 cm³/mol. The van der Waals surface area contributed by atoms with Crippen LogP contribution in [0.4, 0.5) is 20.2 Å². The molecular weight excluding hydrogens is 444 g/mol. The summed E-state index contributed by atoms with van der Waals surface area (Å²) >= 11 is 5.55. The molecule has 1 amide bonds. The van der Waals surface area contributed by atoms with E-state index in [2.05, 4.69) is 10.6 Å². The number of hydrogen-bond acceptors (Lipinski definition) is 3. The molecule has 1 atom stereocenters. The summed E-state index contributed by atoms with van der Waals surface area (Å²) in [5.41, 5.74) is 1.55. The number of nitrogens with zero attached hydrogens (tertiary/aromatic N) is 1. The number of benzene rings is 3. The minimum atomic E-state index is -1.11. The monoisotopic (exact) mass is 465 g/mol. The average molecular weight is 466 g/mol. The molecule has 5 nitrogen and oxygen atoms in total. The molecule has 0 radical (unpaired) electrons. The summed E-state index contributed by atoms with van der Waals surface area (Å²) in [4.78, 5) is 15.1. The number of methoxy groups -OCH3 is 1. The second-order valence-corrected chi connectivity index (χ2v) is 7.76. The van der Waals surface area contributed by atoms with Crippen LogP contribution in [0.3, 0.4) is 0 Å². The molecule has 0 spiro atoms. The summed E-state index contributed by atoms with van der Waals surface area (Å²) in [7, 11) is 1.56. The molecule has 1 unspecified atom stereocenters. The van der Waals surface area contributed by atoms with Crippen molar-refractivity contribution >= 4 is 34.6 Å². The van der Waals surface area contributed by atoms with E-state index in [9.17, 15) is 13.6 Å². The summed E-state index contributed by atoms with van der Waals surface area (Å²) in [5.74, 6) is -1.39. The Hall–Kier alpha value is -3.78. The van der Waals surface area contributed by atoms with Gasteiger partial charge in [-0.25, -0.2) is 8.78 Å². The molecule has 3 aromatic carbocycles. The maximum atomic E-state index is 14.8. The van der Waals surface area contributed by atoms with Gasteiger partial charge in [-0.05, 0) is 67.7 Å². The van der Waals surface area contributed by atoms with Gasteiger partial charge in [0.2, 0.25) is 0 Å². The highest BCUT2D eigenvalue weighted by Crippen LogP contribution is 2.36. The van der Waals surface area contributed by atoms with Crippen molar-refractivity contribution in [1.29, 1.82) is 0 Å². The van der Waals surface area contributed by atoms with Crippen LogP contribution in [-0.2, 0) is 4.79 Å². The number of ether oxygens (including phenoxy) is 1. The normalized spacial score (nSPS) is 15.8. The van der Waals surface area contributed by atoms with E-state index in [0.717, 1.165) is 12.1 Å². The van der Waals surface area contributed by atoms with Gasteiger partial charge in [-0.1, -0.05) is 24.3 Å². The van der Waals surface area contributed by atoms with Crippen molar-refractivity contribution in [2.45, 2.75) is 13.0 Å². The Labute approximate surface area is 195 Å². The third kappa shape index (κ3) is 4.42. The molecular formula is C25H21F2N3O2S. The number of amides is 1. The Bertz CT molecular complexity index is 1210. The van der Waals surface area contributed by atoms with Crippen LogP contribution in [-0.4, -0.2) is 18.1 Å². The van der Waals surface area contributed by atoms with Gasteiger partial charge in [-0.3, -0.25) is 9.69 Å². The van der Waals surface area contributed by atoms with E-state index in [1.165, 1.54) is 6.07 Å². The van der Waals surface area contributed by atoms with Gasteiger partial charge in [-0.15, -0.1) is 0 Å². The first-order chi connectivity index (χ1) is 15.9. The molecule has 0 saturated carbocycles. The molecule has 33 heavy (non-hydrogen) atoms. The van der Waals surface area contributed by atoms with Gasteiger partial charge in [0.25, 0.3) is 5.91 Å². The zero-order chi connectivity index (χ0) is 23.5. The summed E-state index contributed by atoms with van der Waals surface area (Å²) < 4.78 is 34.7. The van der Waals surface area contributed by atoms with Crippen LogP contribution in [0.1, 0.15) is 18.5 Å². The van der Waals surface area contributed by atoms with Gasteiger partial charge in [0.05, 0.1) is 24.3 Å². The van der Waals surface area contributed by atoms with Crippen LogP contribution in [0, 0.1) is 11.6 Å².